The van der Waals surface area contributed by atoms with Crippen LogP contribution in [0.2, 0.25) is 0 Å². The van der Waals surface area contributed by atoms with Gasteiger partial charge in [0.2, 0.25) is 0 Å². The lowest BCUT2D eigenvalue weighted by Gasteiger charge is -2.32. The largest absolute Gasteiger partial charge is 0.411 e. The van der Waals surface area contributed by atoms with E-state index in [-0.39, 0.29) is 6.61 Å². The van der Waals surface area contributed by atoms with E-state index < -0.39 is 12.8 Å². The Balaban J connectivity index is 1.81. The summed E-state index contributed by atoms with van der Waals surface area (Å²) >= 11 is 0. The molecule has 0 aliphatic carbocycles. The number of hydrogen-bond donors (Lipinski definition) is 2. The highest BCUT2D eigenvalue weighted by atomic mass is 19.4. The molecule has 1 aromatic carbocycles. The predicted octanol–water partition coefficient (Wildman–Crippen LogP) is 3.70. The minimum atomic E-state index is -4.29. The Kier molecular flexibility index (Phi) is 9.73. The zero-order valence-electron chi connectivity index (χ0n) is 17.4. The number of benzene rings is 1. The summed E-state index contributed by atoms with van der Waals surface area (Å²) in [6.07, 6.45) is -0.888. The molecular weight excluding hydrogens is 381 g/mol. The quantitative estimate of drug-likeness (QED) is 0.478. The molecule has 0 spiro atoms. The van der Waals surface area contributed by atoms with Gasteiger partial charge in [0, 0.05) is 25.7 Å². The number of likely N-dealkylation sites (tertiary alicyclic amines) is 1. The number of nitrogens with zero attached hydrogens (tertiary/aromatic N) is 2. The van der Waals surface area contributed by atoms with Crippen molar-refractivity contribution in [3.8, 4) is 0 Å². The summed E-state index contributed by atoms with van der Waals surface area (Å²) in [5, 5.41) is 6.82. The summed E-state index contributed by atoms with van der Waals surface area (Å²) in [7, 11) is 0. The third-order valence-corrected chi connectivity index (χ3v) is 4.79. The lowest BCUT2D eigenvalue weighted by Crippen LogP contribution is -2.48. The van der Waals surface area contributed by atoms with Crippen LogP contribution in [0.1, 0.15) is 44.2 Å². The van der Waals surface area contributed by atoms with Gasteiger partial charge in [-0.2, -0.15) is 13.2 Å². The van der Waals surface area contributed by atoms with Gasteiger partial charge in [-0.15, -0.1) is 0 Å². The van der Waals surface area contributed by atoms with Crippen LogP contribution in [0.3, 0.4) is 0 Å². The molecule has 1 aliphatic heterocycles. The molecule has 0 amide bonds. The molecule has 1 aliphatic rings. The molecule has 0 bridgehead atoms. The molecule has 8 heteroatoms. The van der Waals surface area contributed by atoms with Crippen LogP contribution >= 0.6 is 0 Å². The predicted molar refractivity (Wildman–Crippen MR) is 110 cm³/mol. The summed E-state index contributed by atoms with van der Waals surface area (Å²) in [4.78, 5) is 7.16. The molecule has 1 saturated heterocycles. The van der Waals surface area contributed by atoms with E-state index in [2.05, 4.69) is 32.2 Å². The molecule has 2 N–H and O–H groups in total. The van der Waals surface area contributed by atoms with Gasteiger partial charge in [-0.3, -0.25) is 0 Å². The monoisotopic (exact) mass is 414 g/mol. The van der Waals surface area contributed by atoms with Crippen LogP contribution in [-0.4, -0.2) is 55.9 Å². The van der Waals surface area contributed by atoms with Gasteiger partial charge in [-0.25, -0.2) is 4.99 Å². The Morgan fingerprint density at radius 1 is 1.14 bits per heavy atom. The Morgan fingerprint density at radius 3 is 2.38 bits per heavy atom. The maximum absolute atomic E-state index is 12.1. The van der Waals surface area contributed by atoms with Crippen molar-refractivity contribution in [3.05, 3.63) is 35.4 Å². The fourth-order valence-corrected chi connectivity index (χ4v) is 3.33. The number of alkyl halides is 3. The molecule has 1 fully saturated rings. The number of halogens is 3. The number of rotatable bonds is 9. The van der Waals surface area contributed by atoms with E-state index in [1.54, 1.807) is 12.1 Å². The van der Waals surface area contributed by atoms with Crippen molar-refractivity contribution < 1.29 is 17.9 Å². The van der Waals surface area contributed by atoms with Crippen LogP contribution in [0.5, 0.6) is 0 Å². The lowest BCUT2D eigenvalue weighted by molar-refractivity contribution is -0.176. The van der Waals surface area contributed by atoms with Crippen molar-refractivity contribution in [2.24, 2.45) is 4.99 Å². The fraction of sp³-hybridized carbons (Fsp3) is 0.667. The van der Waals surface area contributed by atoms with Crippen molar-refractivity contribution in [2.75, 3.05) is 32.8 Å². The van der Waals surface area contributed by atoms with Crippen LogP contribution in [0.4, 0.5) is 13.2 Å². The van der Waals surface area contributed by atoms with Crippen LogP contribution in [0, 0.1) is 0 Å². The maximum atomic E-state index is 12.1. The topological polar surface area (TPSA) is 48.9 Å². The Morgan fingerprint density at radius 2 is 1.79 bits per heavy atom. The van der Waals surface area contributed by atoms with Gasteiger partial charge in [0.1, 0.15) is 6.61 Å². The van der Waals surface area contributed by atoms with E-state index in [4.69, 9.17) is 0 Å². The summed E-state index contributed by atoms with van der Waals surface area (Å²) in [5.74, 6) is 0.805. The van der Waals surface area contributed by atoms with Gasteiger partial charge < -0.3 is 20.3 Å². The van der Waals surface area contributed by atoms with E-state index in [0.29, 0.717) is 18.2 Å². The maximum Gasteiger partial charge on any atom is 0.411 e. The van der Waals surface area contributed by atoms with Gasteiger partial charge in [-0.05, 0) is 43.9 Å². The number of aliphatic imine (C=N–C) groups is 1. The van der Waals surface area contributed by atoms with Crippen molar-refractivity contribution >= 4 is 5.96 Å². The number of piperidine rings is 1. The minimum Gasteiger partial charge on any atom is -0.367 e. The van der Waals surface area contributed by atoms with E-state index in [1.165, 1.54) is 6.42 Å². The molecule has 0 radical (unpaired) electrons. The minimum absolute atomic E-state index is 0.0516. The van der Waals surface area contributed by atoms with Crippen molar-refractivity contribution in [1.29, 1.82) is 0 Å². The highest BCUT2D eigenvalue weighted by Gasteiger charge is 2.27. The van der Waals surface area contributed by atoms with Crippen LogP contribution in [0.25, 0.3) is 0 Å². The number of guanidine groups is 1. The van der Waals surface area contributed by atoms with Crippen LogP contribution in [-0.2, 0) is 17.9 Å². The zero-order chi connectivity index (χ0) is 21.1. The van der Waals surface area contributed by atoms with E-state index >= 15 is 0 Å². The number of hydrogen-bond acceptors (Lipinski definition) is 3. The SMILES string of the molecule is CCCN1CCC(NC(=NCc2ccc(COCC(F)(F)F)cc2)NCC)CC1. The third kappa shape index (κ3) is 9.49. The second-order valence-electron chi connectivity index (χ2n) is 7.38. The first-order valence-electron chi connectivity index (χ1n) is 10.4. The van der Waals surface area contributed by atoms with Gasteiger partial charge in [0.15, 0.2) is 5.96 Å². The molecule has 0 unspecified atom stereocenters. The lowest BCUT2D eigenvalue weighted by atomic mass is 10.1. The molecular formula is C21H33F3N4O. The average molecular weight is 415 g/mol. The van der Waals surface area contributed by atoms with E-state index in [9.17, 15) is 13.2 Å². The van der Waals surface area contributed by atoms with Crippen LogP contribution < -0.4 is 10.6 Å². The molecule has 0 aromatic heterocycles. The van der Waals surface area contributed by atoms with Gasteiger partial charge in [-0.1, -0.05) is 31.2 Å². The second kappa shape index (κ2) is 12.0. The zero-order valence-corrected chi connectivity index (χ0v) is 17.4. The molecule has 29 heavy (non-hydrogen) atoms. The average Bonchev–Trinajstić information content (AvgIpc) is 2.68. The van der Waals surface area contributed by atoms with Gasteiger partial charge in [0.25, 0.3) is 0 Å². The summed E-state index contributed by atoms with van der Waals surface area (Å²) in [6.45, 7) is 7.66. The van der Waals surface area contributed by atoms with E-state index in [0.717, 1.165) is 50.5 Å². The highest BCUT2D eigenvalue weighted by molar-refractivity contribution is 5.80. The fourth-order valence-electron chi connectivity index (χ4n) is 3.33. The standard InChI is InChI=1S/C21H33F3N4O/c1-3-11-28-12-9-19(10-13-28)27-20(25-4-2)26-14-17-5-7-18(8-6-17)15-29-16-21(22,23)24/h5-8,19H,3-4,9-16H2,1-2H3,(H2,25,26,27). The summed E-state index contributed by atoms with van der Waals surface area (Å²) < 4.78 is 41.1. The molecule has 1 aromatic rings. The first-order valence-corrected chi connectivity index (χ1v) is 10.4. The normalized spacial score (nSPS) is 16.8. The summed E-state index contributed by atoms with van der Waals surface area (Å²) in [6, 6.07) is 7.75. The molecule has 1 heterocycles. The molecule has 0 atom stereocenters. The van der Waals surface area contributed by atoms with Crippen LogP contribution in [0.15, 0.2) is 29.3 Å². The van der Waals surface area contributed by atoms with Crippen molar-refractivity contribution in [3.63, 3.8) is 0 Å². The highest BCUT2D eigenvalue weighted by Crippen LogP contribution is 2.16. The molecule has 0 saturated carbocycles. The first-order chi connectivity index (χ1) is 13.9. The Hall–Kier alpha value is -1.80. The van der Waals surface area contributed by atoms with Gasteiger partial charge in [0.05, 0.1) is 13.2 Å². The second-order valence-corrected chi connectivity index (χ2v) is 7.38. The molecule has 164 valence electrons. The van der Waals surface area contributed by atoms with Crippen molar-refractivity contribution in [2.45, 2.75) is 58.5 Å². The molecule has 5 nitrogen and oxygen atoms in total. The van der Waals surface area contributed by atoms with Gasteiger partial charge >= 0.3 is 6.18 Å². The number of ether oxygens (including phenoxy) is 1. The Labute approximate surface area is 171 Å². The summed E-state index contributed by atoms with van der Waals surface area (Å²) in [5.41, 5.74) is 1.71. The smallest absolute Gasteiger partial charge is 0.367 e. The van der Waals surface area contributed by atoms with E-state index in [1.807, 2.05) is 19.1 Å². The molecule has 2 rings (SSSR count). The van der Waals surface area contributed by atoms with Crippen molar-refractivity contribution in [1.82, 2.24) is 15.5 Å². The first kappa shape index (κ1) is 23.5. The Bertz CT molecular complexity index is 611. The number of nitrogens with one attached hydrogen (secondary N) is 2. The third-order valence-electron chi connectivity index (χ3n) is 4.79.